The predicted octanol–water partition coefficient (Wildman–Crippen LogP) is 5.01. The number of imide groups is 1. The fourth-order valence-electron chi connectivity index (χ4n) is 10.8. The van der Waals surface area contributed by atoms with E-state index in [9.17, 15) is 32.3 Å². The summed E-state index contributed by atoms with van der Waals surface area (Å²) in [6, 6.07) is 22.3. The number of benzene rings is 3. The summed E-state index contributed by atoms with van der Waals surface area (Å²) in [6.45, 7) is 7.54. The zero-order chi connectivity index (χ0) is 49.0. The van der Waals surface area contributed by atoms with Crippen LogP contribution in [0.15, 0.2) is 96.3 Å². The van der Waals surface area contributed by atoms with Crippen molar-refractivity contribution < 1.29 is 37.0 Å². The van der Waals surface area contributed by atoms with Gasteiger partial charge in [0.2, 0.25) is 11.8 Å². The van der Waals surface area contributed by atoms with Gasteiger partial charge in [0, 0.05) is 108 Å². The number of carbonyl (C=O) groups is 3. The number of carbonyl (C=O) groups excluding carboxylic acids is 3. The van der Waals surface area contributed by atoms with E-state index in [2.05, 4.69) is 60.5 Å². The second-order valence-corrected chi connectivity index (χ2v) is 19.8. The molecule has 71 heavy (non-hydrogen) atoms. The first-order chi connectivity index (χ1) is 34.3. The maximum atomic E-state index is 14.7. The monoisotopic (exact) mass is 972 g/mol. The number of likely N-dealkylation sites (tertiary alicyclic amines) is 1. The third-order valence-corrected chi connectivity index (χ3v) is 15.0. The van der Waals surface area contributed by atoms with Gasteiger partial charge in [-0.25, -0.2) is 4.79 Å². The van der Waals surface area contributed by atoms with E-state index < -0.39 is 34.8 Å². The van der Waals surface area contributed by atoms with Crippen molar-refractivity contribution in [3.63, 3.8) is 0 Å². The molecule has 0 radical (unpaired) electrons. The molecule has 1 N–H and O–H groups in total. The van der Waals surface area contributed by atoms with Crippen molar-refractivity contribution in [2.24, 2.45) is 7.05 Å². The van der Waals surface area contributed by atoms with Crippen LogP contribution < -0.4 is 15.9 Å². The summed E-state index contributed by atoms with van der Waals surface area (Å²) in [4.78, 5) is 59.7. The van der Waals surface area contributed by atoms with E-state index in [0.29, 0.717) is 69.1 Å². The van der Waals surface area contributed by atoms with Crippen molar-refractivity contribution in [3.05, 3.63) is 147 Å². The molecule has 0 bridgehead atoms. The Balaban J connectivity index is 0.659. The molecule has 5 aliphatic heterocycles. The smallest absolute Gasteiger partial charge is 0.379 e. The lowest BCUT2D eigenvalue weighted by Gasteiger charge is -2.41. The number of alkyl halides is 3. The number of pyridine rings is 1. The van der Waals surface area contributed by atoms with Crippen LogP contribution >= 0.6 is 0 Å². The summed E-state index contributed by atoms with van der Waals surface area (Å²) < 4.78 is 60.3. The number of aryl methyl sites for hydroxylation is 1. The Morgan fingerprint density at radius 1 is 0.817 bits per heavy atom. The molecular formula is C52H55F3N10O6. The van der Waals surface area contributed by atoms with E-state index in [1.807, 2.05) is 41.9 Å². The Morgan fingerprint density at radius 3 is 2.27 bits per heavy atom. The number of piperidine rings is 2. The van der Waals surface area contributed by atoms with Crippen LogP contribution in [-0.4, -0.2) is 121 Å². The third kappa shape index (κ3) is 9.38. The van der Waals surface area contributed by atoms with Crippen LogP contribution in [0.1, 0.15) is 75.2 Å². The van der Waals surface area contributed by atoms with Gasteiger partial charge < -0.3 is 23.8 Å². The SMILES string of the molecule is Cn1cnnc1CC1(c2cccc(-n3cc4c(C(F)(F)F)cc(CN5CCC(OCc6ccc(CN7CCN(c8ccc9c(c8)CN(C8CCC(=O)NC8=O)C9=O)CC7)cc6)CC5)cn4c3=O)c2)COC1. The van der Waals surface area contributed by atoms with Crippen LogP contribution in [0.25, 0.3) is 11.2 Å². The Bertz CT molecular complexity index is 3060. The molecule has 0 saturated carbocycles. The lowest BCUT2D eigenvalue weighted by atomic mass is 9.75. The molecule has 3 amide bonds. The molecule has 0 aliphatic carbocycles. The number of aromatic nitrogens is 5. The summed E-state index contributed by atoms with van der Waals surface area (Å²) >= 11 is 0. The lowest BCUT2D eigenvalue weighted by molar-refractivity contribution is -0.137. The number of hydrogen-bond acceptors (Lipinski definition) is 11. The van der Waals surface area contributed by atoms with Crippen LogP contribution in [0.2, 0.25) is 0 Å². The van der Waals surface area contributed by atoms with E-state index in [4.69, 9.17) is 9.47 Å². The van der Waals surface area contributed by atoms with Gasteiger partial charge in [0.1, 0.15) is 18.2 Å². The molecule has 1 unspecified atom stereocenters. The second kappa shape index (κ2) is 18.8. The Hall–Kier alpha value is -6.67. The molecule has 6 aromatic rings. The number of imidazole rings is 1. The molecule has 0 spiro atoms. The minimum atomic E-state index is -4.68. The van der Waals surface area contributed by atoms with Gasteiger partial charge in [-0.1, -0.05) is 36.4 Å². The fraction of sp³-hybridized carbons (Fsp3) is 0.423. The molecule has 3 aromatic carbocycles. The average Bonchev–Trinajstić information content (AvgIpc) is 4.02. The number of amides is 3. The molecule has 16 nitrogen and oxygen atoms in total. The molecule has 8 heterocycles. The molecule has 19 heteroatoms. The van der Waals surface area contributed by atoms with Crippen molar-refractivity contribution in [3.8, 4) is 5.69 Å². The van der Waals surface area contributed by atoms with Crippen molar-refractivity contribution in [1.29, 1.82) is 0 Å². The standard InChI is InChI=1S/C52H55F3N10O6/c1-59-33-56-58-46(59)24-51(31-70-32-51)38-3-2-4-40(23-38)63-29-45-43(52(53,54)55)21-36(27-65(45)50(63)69)26-60-15-13-41(14-16-60)71-30-35-7-5-34(6-8-35)25-61-17-19-62(20-18-61)39-9-10-42-37(22-39)28-64(49(42)68)44-11-12-47(66)57-48(44)67/h2-10,21-23,27,29,33,41,44H,11-20,24-26,28,30-32H2,1H3,(H,57,66,67). The number of anilines is 1. The minimum Gasteiger partial charge on any atom is -0.379 e. The van der Waals surface area contributed by atoms with Gasteiger partial charge >= 0.3 is 11.9 Å². The fourth-order valence-corrected chi connectivity index (χ4v) is 10.8. The van der Waals surface area contributed by atoms with Crippen molar-refractivity contribution in [2.45, 2.75) is 82.1 Å². The Morgan fingerprint density at radius 2 is 1.56 bits per heavy atom. The Kier molecular flexibility index (Phi) is 12.4. The molecule has 1 atom stereocenters. The molecule has 4 saturated heterocycles. The number of piperazine rings is 1. The van der Waals surface area contributed by atoms with Gasteiger partial charge in [0.25, 0.3) is 5.91 Å². The lowest BCUT2D eigenvalue weighted by Crippen LogP contribution is -2.52. The number of nitrogens with zero attached hydrogens (tertiary/aromatic N) is 9. The van der Waals surface area contributed by atoms with Gasteiger partial charge in [0.05, 0.1) is 42.7 Å². The summed E-state index contributed by atoms with van der Waals surface area (Å²) in [7, 11) is 1.87. The molecule has 5 aliphatic rings. The van der Waals surface area contributed by atoms with Gasteiger partial charge in [-0.2, -0.15) is 13.2 Å². The van der Waals surface area contributed by atoms with E-state index in [1.54, 1.807) is 17.3 Å². The highest BCUT2D eigenvalue weighted by molar-refractivity contribution is 6.05. The van der Waals surface area contributed by atoms with Gasteiger partial charge in [-0.05, 0) is 83.5 Å². The molecule has 370 valence electrons. The normalized spacial score (nSPS) is 20.2. The molecule has 3 aromatic heterocycles. The zero-order valence-corrected chi connectivity index (χ0v) is 39.4. The van der Waals surface area contributed by atoms with E-state index in [1.165, 1.54) is 28.6 Å². The number of hydrogen-bond donors (Lipinski definition) is 1. The highest BCUT2D eigenvalue weighted by Gasteiger charge is 2.43. The topological polar surface area (TPSA) is 152 Å². The molecular weight excluding hydrogens is 918 g/mol. The largest absolute Gasteiger partial charge is 0.418 e. The first-order valence-corrected chi connectivity index (χ1v) is 24.3. The van der Waals surface area contributed by atoms with Crippen LogP contribution in [-0.2, 0) is 70.4 Å². The summed E-state index contributed by atoms with van der Waals surface area (Å²) in [5.74, 6) is -0.0902. The zero-order valence-electron chi connectivity index (χ0n) is 39.4. The number of fused-ring (bicyclic) bond motifs is 2. The molecule has 11 rings (SSSR count). The summed E-state index contributed by atoms with van der Waals surface area (Å²) in [5, 5.41) is 10.6. The second-order valence-electron chi connectivity index (χ2n) is 19.8. The first kappa shape index (κ1) is 46.7. The maximum Gasteiger partial charge on any atom is 0.418 e. The average molecular weight is 973 g/mol. The van der Waals surface area contributed by atoms with Crippen LogP contribution in [0, 0.1) is 0 Å². The minimum absolute atomic E-state index is 0.0179. The van der Waals surface area contributed by atoms with E-state index in [0.717, 1.165) is 78.2 Å². The number of ether oxygens (including phenoxy) is 2. The highest BCUT2D eigenvalue weighted by Crippen LogP contribution is 2.38. The van der Waals surface area contributed by atoms with Crippen LogP contribution in [0.4, 0.5) is 18.9 Å². The summed E-state index contributed by atoms with van der Waals surface area (Å²) in [5.41, 5.74) is 4.62. The van der Waals surface area contributed by atoms with Crippen molar-refractivity contribution >= 4 is 28.9 Å². The van der Waals surface area contributed by atoms with Crippen LogP contribution in [0.5, 0.6) is 0 Å². The number of nitrogens with one attached hydrogen (secondary N) is 1. The van der Waals surface area contributed by atoms with E-state index >= 15 is 0 Å². The van der Waals surface area contributed by atoms with E-state index in [-0.39, 0.29) is 36.4 Å². The van der Waals surface area contributed by atoms with Crippen molar-refractivity contribution in [1.82, 2.24) is 43.7 Å². The third-order valence-electron chi connectivity index (χ3n) is 15.0. The van der Waals surface area contributed by atoms with Gasteiger partial charge in [-0.15, -0.1) is 10.2 Å². The van der Waals surface area contributed by atoms with Gasteiger partial charge in [-0.3, -0.25) is 38.5 Å². The first-order valence-electron chi connectivity index (χ1n) is 24.3. The quantitative estimate of drug-likeness (QED) is 0.156. The summed E-state index contributed by atoms with van der Waals surface area (Å²) in [6.07, 6.45) is 2.40. The van der Waals surface area contributed by atoms with Crippen molar-refractivity contribution in [2.75, 3.05) is 57.4 Å². The van der Waals surface area contributed by atoms with Crippen LogP contribution in [0.3, 0.4) is 0 Å². The van der Waals surface area contributed by atoms with Gasteiger partial charge in [0.15, 0.2) is 0 Å². The number of halogens is 3. The maximum absolute atomic E-state index is 14.7. The highest BCUT2D eigenvalue weighted by atomic mass is 19.4. The Labute approximate surface area is 407 Å². The molecule has 4 fully saturated rings. The number of rotatable bonds is 13. The predicted molar refractivity (Wildman–Crippen MR) is 255 cm³/mol.